The number of furan rings is 2. The van der Waals surface area contributed by atoms with Gasteiger partial charge in [0.05, 0.1) is 0 Å². The standard InChI is InChI=1S/C63H59BN2O2/c1-38-30-53-59-54(31-38)66(44-21-23-46-48(37-44)63(8,9)29-27-61(46,4)5)52-25-19-42(58-35-40-15-11-13-17-56(40)68-58)33-50(52)64(59)49-32-41(57-34-39-14-10-12-16-55(39)67-57)18-24-51(49)65(53)43-20-22-45-47(36-43)62(6,7)28-26-60(45,2)3/h10-25,30-37H,26-29H2,1-9H3. The fraction of sp³-hybridized carbons (Fsp3) is 0.270. The van der Waals surface area contributed by atoms with Crippen LogP contribution in [-0.2, 0) is 21.7 Å². The maximum absolute atomic E-state index is 6.65. The normalized spacial score (nSPS) is 17.9. The van der Waals surface area contributed by atoms with Gasteiger partial charge in [0.2, 0.25) is 0 Å². The number of fused-ring (bicyclic) bond motifs is 8. The molecule has 0 bridgehead atoms. The first kappa shape index (κ1) is 41.5. The van der Waals surface area contributed by atoms with Crippen molar-refractivity contribution in [2.24, 2.45) is 0 Å². The van der Waals surface area contributed by atoms with Crippen LogP contribution in [-0.4, -0.2) is 6.71 Å². The summed E-state index contributed by atoms with van der Waals surface area (Å²) in [6.45, 7) is 21.6. The van der Waals surface area contributed by atoms with Gasteiger partial charge in [-0.05, 0) is 183 Å². The number of rotatable bonds is 4. The van der Waals surface area contributed by atoms with Crippen molar-refractivity contribution in [1.82, 2.24) is 0 Å². The molecule has 5 heteroatoms. The van der Waals surface area contributed by atoms with E-state index in [1.165, 1.54) is 91.2 Å². The van der Waals surface area contributed by atoms with Crippen molar-refractivity contribution in [1.29, 1.82) is 0 Å². The lowest BCUT2D eigenvalue weighted by molar-refractivity contribution is 0.332. The highest BCUT2D eigenvalue weighted by Gasteiger charge is 2.46. The largest absolute Gasteiger partial charge is 0.456 e. The van der Waals surface area contributed by atoms with E-state index >= 15 is 0 Å². The first-order valence-corrected chi connectivity index (χ1v) is 24.9. The molecule has 0 amide bonds. The van der Waals surface area contributed by atoms with Crippen LogP contribution in [0.25, 0.3) is 44.6 Å². The molecule has 68 heavy (non-hydrogen) atoms. The van der Waals surface area contributed by atoms with Gasteiger partial charge in [0, 0.05) is 56.0 Å². The van der Waals surface area contributed by atoms with E-state index in [1.54, 1.807) is 0 Å². The Morgan fingerprint density at radius 1 is 0.412 bits per heavy atom. The summed E-state index contributed by atoms with van der Waals surface area (Å²) in [5.41, 5.74) is 22.4. The first-order valence-electron chi connectivity index (χ1n) is 24.9. The predicted octanol–water partition coefficient (Wildman–Crippen LogP) is 15.6. The summed E-state index contributed by atoms with van der Waals surface area (Å²) in [6, 6.07) is 54.8. The number of anilines is 6. The molecule has 0 atom stereocenters. The lowest BCUT2D eigenvalue weighted by atomic mass is 9.33. The third-order valence-electron chi connectivity index (χ3n) is 16.8. The van der Waals surface area contributed by atoms with E-state index in [0.717, 1.165) is 57.4 Å². The Morgan fingerprint density at radius 2 is 0.824 bits per heavy atom. The monoisotopic (exact) mass is 886 g/mol. The van der Waals surface area contributed by atoms with Crippen molar-refractivity contribution >= 4 is 79.2 Å². The van der Waals surface area contributed by atoms with Crippen LogP contribution in [0.1, 0.15) is 109 Å². The SMILES string of the molecule is Cc1cc2c3c(c1)N(c1ccc4c(c1)C(C)(C)CCC4(C)C)c1ccc(-c4cc5ccccc5o4)cc1B3c1cc(-c3cc4ccccc4o3)ccc1N2c1ccc2c(c1)C(C)(C)CCC2(C)C. The molecule has 0 radical (unpaired) electrons. The second-order valence-electron chi connectivity index (χ2n) is 23.2. The summed E-state index contributed by atoms with van der Waals surface area (Å²) in [4.78, 5) is 5.17. The fourth-order valence-electron chi connectivity index (χ4n) is 12.7. The second-order valence-corrected chi connectivity index (χ2v) is 23.2. The Labute approximate surface area is 401 Å². The summed E-state index contributed by atoms with van der Waals surface area (Å²) in [6.07, 6.45) is 4.67. The Bertz CT molecular complexity index is 3280. The number of nitrogens with zero attached hydrogens (tertiary/aromatic N) is 2. The smallest absolute Gasteiger partial charge is 0.252 e. The lowest BCUT2D eigenvalue weighted by Gasteiger charge is -2.46. The molecule has 4 heterocycles. The quantitative estimate of drug-likeness (QED) is 0.165. The van der Waals surface area contributed by atoms with Crippen molar-refractivity contribution in [3.05, 3.63) is 173 Å². The molecule has 0 spiro atoms. The number of para-hydroxylation sites is 2. The second kappa shape index (κ2) is 14.2. The van der Waals surface area contributed by atoms with Crippen LogP contribution >= 0.6 is 0 Å². The average Bonchev–Trinajstić information content (AvgIpc) is 3.97. The van der Waals surface area contributed by atoms with Crippen LogP contribution in [0.15, 0.2) is 154 Å². The highest BCUT2D eigenvalue weighted by atomic mass is 16.3. The lowest BCUT2D eigenvalue weighted by Crippen LogP contribution is -2.61. The van der Waals surface area contributed by atoms with E-state index in [-0.39, 0.29) is 28.4 Å². The van der Waals surface area contributed by atoms with Crippen LogP contribution < -0.4 is 26.2 Å². The topological polar surface area (TPSA) is 32.8 Å². The third-order valence-corrected chi connectivity index (χ3v) is 16.8. The molecule has 2 aliphatic carbocycles. The molecule has 0 saturated heterocycles. The summed E-state index contributed by atoms with van der Waals surface area (Å²) >= 11 is 0. The van der Waals surface area contributed by atoms with Gasteiger partial charge in [-0.2, -0.15) is 0 Å². The Balaban J connectivity index is 1.11. The number of hydrogen-bond acceptors (Lipinski definition) is 4. The molecule has 2 aliphatic heterocycles. The third kappa shape index (κ3) is 6.13. The minimum absolute atomic E-state index is 0.0524. The summed E-state index contributed by atoms with van der Waals surface area (Å²) in [7, 11) is 0. The van der Waals surface area contributed by atoms with Gasteiger partial charge < -0.3 is 18.6 Å². The van der Waals surface area contributed by atoms with Crippen molar-refractivity contribution in [2.75, 3.05) is 9.80 Å². The van der Waals surface area contributed by atoms with Gasteiger partial charge in [0.25, 0.3) is 6.71 Å². The number of hydrogen-bond donors (Lipinski definition) is 0. The number of aryl methyl sites for hydroxylation is 1. The van der Waals surface area contributed by atoms with E-state index < -0.39 is 0 Å². The highest BCUT2D eigenvalue weighted by Crippen LogP contribution is 2.52. The van der Waals surface area contributed by atoms with Gasteiger partial charge in [-0.3, -0.25) is 0 Å². The highest BCUT2D eigenvalue weighted by molar-refractivity contribution is 7.00. The van der Waals surface area contributed by atoms with Crippen LogP contribution in [0.2, 0.25) is 0 Å². The van der Waals surface area contributed by atoms with Crippen LogP contribution in [0, 0.1) is 6.92 Å². The van der Waals surface area contributed by atoms with Gasteiger partial charge in [-0.15, -0.1) is 0 Å². The zero-order valence-corrected chi connectivity index (χ0v) is 41.0. The fourth-order valence-corrected chi connectivity index (χ4v) is 12.7. The summed E-state index contributed by atoms with van der Waals surface area (Å²) in [5, 5.41) is 2.21. The van der Waals surface area contributed by atoms with Crippen LogP contribution in [0.3, 0.4) is 0 Å². The Morgan fingerprint density at radius 3 is 1.25 bits per heavy atom. The molecule has 2 aromatic heterocycles. The average molecular weight is 887 g/mol. The molecule has 7 aromatic carbocycles. The van der Waals surface area contributed by atoms with Gasteiger partial charge in [-0.25, -0.2) is 0 Å². The molecule has 336 valence electrons. The molecule has 4 aliphatic rings. The minimum atomic E-state index is -0.0900. The first-order chi connectivity index (χ1) is 32.5. The summed E-state index contributed by atoms with van der Waals surface area (Å²) in [5.74, 6) is 1.75. The Kier molecular flexibility index (Phi) is 8.64. The zero-order valence-electron chi connectivity index (χ0n) is 41.0. The van der Waals surface area contributed by atoms with Crippen molar-refractivity contribution in [3.63, 3.8) is 0 Å². The van der Waals surface area contributed by atoms with Gasteiger partial charge in [-0.1, -0.05) is 116 Å². The molecular formula is C63H59BN2O2. The molecule has 0 N–H and O–H groups in total. The van der Waals surface area contributed by atoms with E-state index in [2.05, 4.69) is 218 Å². The Hall–Kier alpha value is -6.72. The molecule has 0 fully saturated rings. The van der Waals surface area contributed by atoms with Gasteiger partial charge in [0.1, 0.15) is 22.7 Å². The van der Waals surface area contributed by atoms with Gasteiger partial charge >= 0.3 is 0 Å². The predicted molar refractivity (Wildman–Crippen MR) is 286 cm³/mol. The molecular weight excluding hydrogens is 828 g/mol. The van der Waals surface area contributed by atoms with E-state index in [9.17, 15) is 0 Å². The van der Waals surface area contributed by atoms with E-state index in [0.29, 0.717) is 0 Å². The van der Waals surface area contributed by atoms with Crippen molar-refractivity contribution in [3.8, 4) is 22.6 Å². The van der Waals surface area contributed by atoms with Crippen LogP contribution in [0.4, 0.5) is 34.1 Å². The molecule has 0 unspecified atom stereocenters. The number of benzene rings is 7. The zero-order chi connectivity index (χ0) is 46.6. The summed E-state index contributed by atoms with van der Waals surface area (Å²) < 4.78 is 13.3. The van der Waals surface area contributed by atoms with E-state index in [4.69, 9.17) is 8.83 Å². The van der Waals surface area contributed by atoms with E-state index in [1.807, 2.05) is 0 Å². The van der Waals surface area contributed by atoms with Crippen LogP contribution in [0.5, 0.6) is 0 Å². The molecule has 4 nitrogen and oxygen atoms in total. The van der Waals surface area contributed by atoms with Crippen molar-refractivity contribution < 1.29 is 8.83 Å². The minimum Gasteiger partial charge on any atom is -0.456 e. The molecule has 0 saturated carbocycles. The maximum Gasteiger partial charge on any atom is 0.252 e. The van der Waals surface area contributed by atoms with Crippen molar-refractivity contribution in [2.45, 2.75) is 110 Å². The molecule has 9 aromatic rings. The molecule has 13 rings (SSSR count). The maximum atomic E-state index is 6.65. The van der Waals surface area contributed by atoms with Gasteiger partial charge in [0.15, 0.2) is 0 Å².